The van der Waals surface area contributed by atoms with E-state index in [1.165, 1.54) is 12.8 Å². The molecule has 0 heterocycles. The summed E-state index contributed by atoms with van der Waals surface area (Å²) in [5.41, 5.74) is 6.59. The minimum atomic E-state index is -0.574. The third-order valence-electron chi connectivity index (χ3n) is 3.43. The van der Waals surface area contributed by atoms with Crippen LogP contribution in [0.5, 0.6) is 5.75 Å². The van der Waals surface area contributed by atoms with Crippen molar-refractivity contribution in [3.63, 3.8) is 0 Å². The van der Waals surface area contributed by atoms with Crippen molar-refractivity contribution in [3.8, 4) is 5.75 Å². The van der Waals surface area contributed by atoms with Gasteiger partial charge in [-0.05, 0) is 30.5 Å². The molecule has 0 aliphatic heterocycles. The first-order valence-electron chi connectivity index (χ1n) is 6.99. The van der Waals surface area contributed by atoms with Gasteiger partial charge in [-0.25, -0.2) is 0 Å². The number of benzene rings is 1. The molecular weight excluding hydrogens is 242 g/mol. The molecule has 0 radical (unpaired) electrons. The Balaban J connectivity index is 1.65. The van der Waals surface area contributed by atoms with E-state index in [1.807, 2.05) is 24.3 Å². The Kier molecular flexibility index (Phi) is 5.63. The molecule has 2 rings (SSSR count). The van der Waals surface area contributed by atoms with E-state index in [9.17, 15) is 5.11 Å². The van der Waals surface area contributed by atoms with Crippen molar-refractivity contribution in [3.05, 3.63) is 29.8 Å². The molecular formula is C15H23NO3. The Bertz CT molecular complexity index is 360. The molecule has 1 unspecified atom stereocenters. The molecule has 1 aromatic carbocycles. The minimum Gasteiger partial charge on any atom is -0.491 e. The van der Waals surface area contributed by atoms with Crippen molar-refractivity contribution < 1.29 is 14.6 Å². The lowest BCUT2D eigenvalue weighted by atomic mass is 10.2. The lowest BCUT2D eigenvalue weighted by Gasteiger charge is -2.16. The van der Waals surface area contributed by atoms with Crippen molar-refractivity contribution in [2.24, 2.45) is 5.73 Å². The molecule has 0 aromatic heterocycles. The molecule has 4 heteroatoms. The van der Waals surface area contributed by atoms with Crippen LogP contribution in [0.25, 0.3) is 0 Å². The summed E-state index contributed by atoms with van der Waals surface area (Å²) in [6, 6.07) is 7.59. The lowest BCUT2D eigenvalue weighted by Crippen LogP contribution is -2.26. The number of hydrogen-bond donors (Lipinski definition) is 2. The summed E-state index contributed by atoms with van der Waals surface area (Å²) in [4.78, 5) is 0. The predicted octanol–water partition coefficient (Wildman–Crippen LogP) is 1.84. The van der Waals surface area contributed by atoms with Crippen molar-refractivity contribution in [2.75, 3.05) is 13.2 Å². The Hall–Kier alpha value is -1.10. The highest BCUT2D eigenvalue weighted by atomic mass is 16.5. The molecule has 0 bridgehead atoms. The van der Waals surface area contributed by atoms with Crippen molar-refractivity contribution in [1.82, 2.24) is 0 Å². The van der Waals surface area contributed by atoms with Gasteiger partial charge in [-0.2, -0.15) is 0 Å². The number of aliphatic hydroxyl groups excluding tert-OH is 1. The molecule has 106 valence electrons. The first kappa shape index (κ1) is 14.3. The van der Waals surface area contributed by atoms with Gasteiger partial charge in [0.05, 0.1) is 12.7 Å². The normalized spacial score (nSPS) is 17.6. The first-order chi connectivity index (χ1) is 9.28. The van der Waals surface area contributed by atoms with Gasteiger partial charge >= 0.3 is 0 Å². The van der Waals surface area contributed by atoms with Gasteiger partial charge in [0, 0.05) is 6.54 Å². The standard InChI is InChI=1S/C15H23NO3/c16-9-12-5-7-15(8-6-12)19-11-13(17)10-18-14-3-1-2-4-14/h5-8,13-14,17H,1-4,9-11,16H2. The summed E-state index contributed by atoms with van der Waals surface area (Å²) in [7, 11) is 0. The maximum atomic E-state index is 9.80. The monoisotopic (exact) mass is 265 g/mol. The van der Waals surface area contributed by atoms with E-state index in [0.29, 0.717) is 19.3 Å². The van der Waals surface area contributed by atoms with Crippen LogP contribution in [0.2, 0.25) is 0 Å². The molecule has 0 saturated heterocycles. The van der Waals surface area contributed by atoms with Crippen LogP contribution >= 0.6 is 0 Å². The van der Waals surface area contributed by atoms with Gasteiger partial charge in [0.2, 0.25) is 0 Å². The SMILES string of the molecule is NCc1ccc(OCC(O)COC2CCCC2)cc1. The van der Waals surface area contributed by atoms with E-state index in [4.69, 9.17) is 15.2 Å². The second-order valence-electron chi connectivity index (χ2n) is 5.05. The topological polar surface area (TPSA) is 64.7 Å². The fraction of sp³-hybridized carbons (Fsp3) is 0.600. The second kappa shape index (κ2) is 7.48. The smallest absolute Gasteiger partial charge is 0.119 e. The van der Waals surface area contributed by atoms with Gasteiger partial charge in [-0.1, -0.05) is 25.0 Å². The van der Waals surface area contributed by atoms with Crippen LogP contribution in [0.4, 0.5) is 0 Å². The zero-order valence-electron chi connectivity index (χ0n) is 11.3. The van der Waals surface area contributed by atoms with Crippen LogP contribution < -0.4 is 10.5 Å². The number of hydrogen-bond acceptors (Lipinski definition) is 4. The fourth-order valence-corrected chi connectivity index (χ4v) is 2.26. The van der Waals surface area contributed by atoms with Crippen LogP contribution in [0.3, 0.4) is 0 Å². The third kappa shape index (κ3) is 4.82. The average molecular weight is 265 g/mol. The summed E-state index contributed by atoms with van der Waals surface area (Å²) >= 11 is 0. The van der Waals surface area contributed by atoms with Gasteiger partial charge in [0.1, 0.15) is 18.5 Å². The highest BCUT2D eigenvalue weighted by Crippen LogP contribution is 2.21. The number of ether oxygens (including phenoxy) is 2. The Morgan fingerprint density at radius 1 is 1.16 bits per heavy atom. The van der Waals surface area contributed by atoms with Crippen LogP contribution in [0, 0.1) is 0 Å². The average Bonchev–Trinajstić information content (AvgIpc) is 2.96. The van der Waals surface area contributed by atoms with Gasteiger partial charge in [-0.3, -0.25) is 0 Å². The number of nitrogens with two attached hydrogens (primary N) is 1. The van der Waals surface area contributed by atoms with Crippen LogP contribution in [-0.2, 0) is 11.3 Å². The maximum Gasteiger partial charge on any atom is 0.119 e. The van der Waals surface area contributed by atoms with Crippen molar-refractivity contribution in [1.29, 1.82) is 0 Å². The molecule has 1 aliphatic carbocycles. The zero-order chi connectivity index (χ0) is 13.5. The second-order valence-corrected chi connectivity index (χ2v) is 5.05. The van der Waals surface area contributed by atoms with Gasteiger partial charge < -0.3 is 20.3 Å². The number of rotatable bonds is 7. The highest BCUT2D eigenvalue weighted by molar-refractivity contribution is 5.27. The molecule has 4 nitrogen and oxygen atoms in total. The summed E-state index contributed by atoms with van der Waals surface area (Å²) in [5.74, 6) is 0.747. The maximum absolute atomic E-state index is 9.80. The Morgan fingerprint density at radius 2 is 1.84 bits per heavy atom. The van der Waals surface area contributed by atoms with E-state index < -0.39 is 6.10 Å². The summed E-state index contributed by atoms with van der Waals surface area (Å²) in [5, 5.41) is 9.80. The summed E-state index contributed by atoms with van der Waals surface area (Å²) < 4.78 is 11.2. The Morgan fingerprint density at radius 3 is 2.47 bits per heavy atom. The molecule has 1 aliphatic rings. The summed E-state index contributed by atoms with van der Waals surface area (Å²) in [6.07, 6.45) is 4.48. The molecule has 19 heavy (non-hydrogen) atoms. The third-order valence-corrected chi connectivity index (χ3v) is 3.43. The number of aliphatic hydroxyl groups is 1. The van der Waals surface area contributed by atoms with Crippen LogP contribution in [0.15, 0.2) is 24.3 Å². The molecule has 0 spiro atoms. The van der Waals surface area contributed by atoms with Crippen molar-refractivity contribution in [2.45, 2.75) is 44.4 Å². The van der Waals surface area contributed by atoms with E-state index in [1.54, 1.807) is 0 Å². The summed E-state index contributed by atoms with van der Waals surface area (Å²) in [6.45, 7) is 1.14. The van der Waals surface area contributed by atoms with E-state index in [2.05, 4.69) is 0 Å². The lowest BCUT2D eigenvalue weighted by molar-refractivity contribution is -0.0219. The largest absolute Gasteiger partial charge is 0.491 e. The molecule has 1 saturated carbocycles. The highest BCUT2D eigenvalue weighted by Gasteiger charge is 2.17. The predicted molar refractivity (Wildman–Crippen MR) is 74.0 cm³/mol. The van der Waals surface area contributed by atoms with Gasteiger partial charge in [0.25, 0.3) is 0 Å². The molecule has 1 aromatic rings. The molecule has 1 fully saturated rings. The van der Waals surface area contributed by atoms with E-state index >= 15 is 0 Å². The first-order valence-corrected chi connectivity index (χ1v) is 6.99. The quantitative estimate of drug-likeness (QED) is 0.789. The fourth-order valence-electron chi connectivity index (χ4n) is 2.26. The Labute approximate surface area is 114 Å². The van der Waals surface area contributed by atoms with E-state index in [-0.39, 0.29) is 6.61 Å². The molecule has 0 amide bonds. The van der Waals surface area contributed by atoms with Gasteiger partial charge in [0.15, 0.2) is 0 Å². The molecule has 3 N–H and O–H groups in total. The van der Waals surface area contributed by atoms with Crippen molar-refractivity contribution >= 4 is 0 Å². The van der Waals surface area contributed by atoms with Crippen LogP contribution in [-0.4, -0.2) is 30.5 Å². The molecule has 1 atom stereocenters. The van der Waals surface area contributed by atoms with Crippen LogP contribution in [0.1, 0.15) is 31.2 Å². The van der Waals surface area contributed by atoms with Gasteiger partial charge in [-0.15, -0.1) is 0 Å². The van der Waals surface area contributed by atoms with E-state index in [0.717, 1.165) is 24.2 Å². The minimum absolute atomic E-state index is 0.259. The zero-order valence-corrected chi connectivity index (χ0v) is 11.3.